The van der Waals surface area contributed by atoms with E-state index in [2.05, 4.69) is 0 Å². The van der Waals surface area contributed by atoms with Crippen molar-refractivity contribution in [3.05, 3.63) is 23.8 Å². The Labute approximate surface area is 108 Å². The highest BCUT2D eigenvalue weighted by Crippen LogP contribution is 2.24. The Kier molecular flexibility index (Phi) is 4.69. The molecule has 0 fully saturated rings. The van der Waals surface area contributed by atoms with Gasteiger partial charge in [-0.1, -0.05) is 0 Å². The number of nitrogens with two attached hydrogens (primary N) is 1. The lowest BCUT2D eigenvalue weighted by atomic mass is 10.2. The highest BCUT2D eigenvalue weighted by Gasteiger charge is 2.14. The van der Waals surface area contributed by atoms with Crippen LogP contribution >= 0.6 is 0 Å². The predicted octanol–water partition coefficient (Wildman–Crippen LogP) is -0.0329. The van der Waals surface area contributed by atoms with Crippen LogP contribution in [0.1, 0.15) is 10.4 Å². The van der Waals surface area contributed by atoms with Crippen LogP contribution < -0.4 is 20.5 Å². The summed E-state index contributed by atoms with van der Waals surface area (Å²) >= 11 is 0. The van der Waals surface area contributed by atoms with Crippen molar-refractivity contribution in [3.8, 4) is 11.5 Å². The average molecular weight is 268 g/mol. The zero-order chi connectivity index (χ0) is 14.4. The molecule has 1 aromatic rings. The van der Waals surface area contributed by atoms with Gasteiger partial charge in [0.1, 0.15) is 17.1 Å². The first-order valence-electron chi connectivity index (χ1n) is 5.07. The molecule has 3 amide bonds. The molecular formula is C11H12N2O6. The van der Waals surface area contributed by atoms with Crippen LogP contribution in [0.4, 0.5) is 4.79 Å². The van der Waals surface area contributed by atoms with E-state index in [1.165, 1.54) is 25.3 Å². The van der Waals surface area contributed by atoms with Crippen molar-refractivity contribution in [1.82, 2.24) is 5.32 Å². The Morgan fingerprint density at radius 1 is 1.37 bits per heavy atom. The number of nitrogens with one attached hydrogen (secondary N) is 1. The minimum atomic E-state index is -1.21. The van der Waals surface area contributed by atoms with E-state index < -0.39 is 24.5 Å². The number of carbonyl (C=O) groups excluding carboxylic acids is 2. The van der Waals surface area contributed by atoms with Crippen LogP contribution in [0.2, 0.25) is 0 Å². The third-order valence-electron chi connectivity index (χ3n) is 2.04. The average Bonchev–Trinajstić information content (AvgIpc) is 2.34. The number of urea groups is 1. The summed E-state index contributed by atoms with van der Waals surface area (Å²) in [5, 5.41) is 10.7. The van der Waals surface area contributed by atoms with Crippen LogP contribution in [0.5, 0.6) is 11.5 Å². The Morgan fingerprint density at radius 2 is 2.05 bits per heavy atom. The van der Waals surface area contributed by atoms with E-state index in [4.69, 9.17) is 20.3 Å². The molecular weight excluding hydrogens is 256 g/mol. The Bertz CT molecular complexity index is 514. The number of carbonyl (C=O) groups is 3. The second kappa shape index (κ2) is 6.24. The number of amides is 3. The number of rotatable bonds is 5. The molecule has 0 aromatic heterocycles. The summed E-state index contributed by atoms with van der Waals surface area (Å²) in [4.78, 5) is 32.5. The van der Waals surface area contributed by atoms with Gasteiger partial charge in [0.2, 0.25) is 0 Å². The molecule has 102 valence electrons. The summed E-state index contributed by atoms with van der Waals surface area (Å²) in [6.45, 7) is -0.545. The lowest BCUT2D eigenvalue weighted by Gasteiger charge is -2.10. The Balaban J connectivity index is 2.83. The maximum absolute atomic E-state index is 11.1. The molecule has 19 heavy (non-hydrogen) atoms. The molecule has 0 saturated heterocycles. The number of hydrogen-bond acceptors (Lipinski definition) is 5. The maximum Gasteiger partial charge on any atom is 0.339 e. The van der Waals surface area contributed by atoms with Gasteiger partial charge < -0.3 is 20.3 Å². The standard InChI is InChI=1S/C11H12N2O6/c1-18-6-2-3-7(10(15)16)8(4-6)19-5-9(14)13-11(12)17/h2-4H,5H2,1H3,(H,15,16)(H3,12,13,14,17). The second-order valence-electron chi connectivity index (χ2n) is 3.37. The predicted molar refractivity (Wildman–Crippen MR) is 63.2 cm³/mol. The van der Waals surface area contributed by atoms with Crippen molar-refractivity contribution in [2.75, 3.05) is 13.7 Å². The van der Waals surface area contributed by atoms with Crippen molar-refractivity contribution in [2.45, 2.75) is 0 Å². The van der Waals surface area contributed by atoms with Crippen molar-refractivity contribution in [3.63, 3.8) is 0 Å². The monoisotopic (exact) mass is 268 g/mol. The first-order valence-corrected chi connectivity index (χ1v) is 5.07. The fraction of sp³-hybridized carbons (Fsp3) is 0.182. The molecule has 1 aromatic carbocycles. The zero-order valence-electron chi connectivity index (χ0n) is 10.0. The van der Waals surface area contributed by atoms with E-state index in [0.717, 1.165) is 0 Å². The summed E-state index contributed by atoms with van der Waals surface area (Å²) in [7, 11) is 1.40. The third-order valence-corrected chi connectivity index (χ3v) is 2.04. The first kappa shape index (κ1) is 14.3. The number of primary amides is 1. The normalized spacial score (nSPS) is 9.53. The highest BCUT2D eigenvalue weighted by molar-refractivity contribution is 5.94. The molecule has 4 N–H and O–H groups in total. The van der Waals surface area contributed by atoms with Gasteiger partial charge in [-0.2, -0.15) is 0 Å². The van der Waals surface area contributed by atoms with E-state index >= 15 is 0 Å². The molecule has 0 aliphatic rings. The number of methoxy groups -OCH3 is 1. The minimum absolute atomic E-state index is 0.0496. The number of imide groups is 1. The van der Waals surface area contributed by atoms with E-state index in [-0.39, 0.29) is 11.3 Å². The summed E-state index contributed by atoms with van der Waals surface area (Å²) in [6, 6.07) is 3.03. The number of ether oxygens (including phenoxy) is 2. The van der Waals surface area contributed by atoms with Crippen LogP contribution in [-0.2, 0) is 4.79 Å². The molecule has 0 aliphatic carbocycles. The molecule has 0 aliphatic heterocycles. The van der Waals surface area contributed by atoms with Crippen molar-refractivity contribution in [1.29, 1.82) is 0 Å². The fourth-order valence-corrected chi connectivity index (χ4v) is 1.24. The topological polar surface area (TPSA) is 128 Å². The molecule has 0 unspecified atom stereocenters. The van der Waals surface area contributed by atoms with Gasteiger partial charge in [0.15, 0.2) is 6.61 Å². The van der Waals surface area contributed by atoms with Crippen molar-refractivity contribution in [2.24, 2.45) is 5.73 Å². The smallest absolute Gasteiger partial charge is 0.339 e. The van der Waals surface area contributed by atoms with Gasteiger partial charge in [0, 0.05) is 6.07 Å². The molecule has 0 atom stereocenters. The zero-order valence-corrected chi connectivity index (χ0v) is 10.0. The van der Waals surface area contributed by atoms with Crippen LogP contribution in [0, 0.1) is 0 Å². The molecule has 8 heteroatoms. The van der Waals surface area contributed by atoms with E-state index in [0.29, 0.717) is 5.75 Å². The van der Waals surface area contributed by atoms with Gasteiger partial charge in [-0.25, -0.2) is 9.59 Å². The molecule has 0 radical (unpaired) electrons. The summed E-state index contributed by atoms with van der Waals surface area (Å²) in [5.41, 5.74) is 4.61. The summed E-state index contributed by atoms with van der Waals surface area (Å²) < 4.78 is 9.94. The second-order valence-corrected chi connectivity index (χ2v) is 3.37. The SMILES string of the molecule is COc1ccc(C(=O)O)c(OCC(=O)NC(N)=O)c1. The molecule has 1 rings (SSSR count). The highest BCUT2D eigenvalue weighted by atomic mass is 16.5. The van der Waals surface area contributed by atoms with E-state index in [1.807, 2.05) is 0 Å². The molecule has 0 spiro atoms. The van der Waals surface area contributed by atoms with E-state index in [9.17, 15) is 14.4 Å². The van der Waals surface area contributed by atoms with Gasteiger partial charge in [-0.3, -0.25) is 10.1 Å². The number of aromatic carboxylic acids is 1. The van der Waals surface area contributed by atoms with Crippen LogP contribution in [0.3, 0.4) is 0 Å². The maximum atomic E-state index is 11.1. The van der Waals surface area contributed by atoms with Gasteiger partial charge in [-0.05, 0) is 12.1 Å². The van der Waals surface area contributed by atoms with Crippen LogP contribution in [0.25, 0.3) is 0 Å². The number of benzene rings is 1. The fourth-order valence-electron chi connectivity index (χ4n) is 1.24. The molecule has 8 nitrogen and oxygen atoms in total. The number of hydrogen-bond donors (Lipinski definition) is 3. The van der Waals surface area contributed by atoms with Gasteiger partial charge in [0.05, 0.1) is 7.11 Å². The first-order chi connectivity index (χ1) is 8.93. The third kappa shape index (κ3) is 4.19. The summed E-state index contributed by atoms with van der Waals surface area (Å²) in [6.07, 6.45) is 0. The minimum Gasteiger partial charge on any atom is -0.497 e. The molecule has 0 heterocycles. The van der Waals surface area contributed by atoms with Crippen LogP contribution in [0.15, 0.2) is 18.2 Å². The number of carboxylic acid groups (broad SMARTS) is 1. The van der Waals surface area contributed by atoms with Crippen molar-refractivity contribution < 1.29 is 29.0 Å². The summed E-state index contributed by atoms with van der Waals surface area (Å²) in [5.74, 6) is -1.68. The lowest BCUT2D eigenvalue weighted by molar-refractivity contribution is -0.121. The number of carboxylic acids is 1. The lowest BCUT2D eigenvalue weighted by Crippen LogP contribution is -2.38. The largest absolute Gasteiger partial charge is 0.497 e. The molecule has 0 saturated carbocycles. The van der Waals surface area contributed by atoms with Gasteiger partial charge in [0.25, 0.3) is 5.91 Å². The van der Waals surface area contributed by atoms with Gasteiger partial charge in [-0.15, -0.1) is 0 Å². The van der Waals surface area contributed by atoms with E-state index in [1.54, 1.807) is 5.32 Å². The quantitative estimate of drug-likeness (QED) is 0.687. The van der Waals surface area contributed by atoms with Crippen molar-refractivity contribution >= 4 is 17.9 Å². The van der Waals surface area contributed by atoms with Gasteiger partial charge >= 0.3 is 12.0 Å². The Hall–Kier alpha value is -2.77. The Morgan fingerprint density at radius 3 is 2.58 bits per heavy atom. The van der Waals surface area contributed by atoms with Crippen LogP contribution in [-0.4, -0.2) is 36.7 Å². The molecule has 0 bridgehead atoms.